The summed E-state index contributed by atoms with van der Waals surface area (Å²) >= 11 is 3.29. The van der Waals surface area contributed by atoms with Crippen LogP contribution >= 0.6 is 15.9 Å². The topological polar surface area (TPSA) is 59.3 Å². The van der Waals surface area contributed by atoms with Gasteiger partial charge >= 0.3 is 5.97 Å². The van der Waals surface area contributed by atoms with Gasteiger partial charge in [0.25, 0.3) is 0 Å². The second kappa shape index (κ2) is 4.47. The summed E-state index contributed by atoms with van der Waals surface area (Å²) in [5.41, 5.74) is 0.233. The molecule has 1 saturated heterocycles. The minimum absolute atomic E-state index is 0.271. The molecule has 0 aromatic heterocycles. The Labute approximate surface area is 107 Å². The molecule has 2 atom stereocenters. The second-order valence-corrected chi connectivity index (χ2v) is 4.58. The average Bonchev–Trinajstić information content (AvgIpc) is 2.38. The maximum atomic E-state index is 11.7. The van der Waals surface area contributed by atoms with E-state index in [4.69, 9.17) is 9.47 Å². The number of carbonyl (C=O) groups is 1. The van der Waals surface area contributed by atoms with Crippen LogP contribution in [0.4, 0.5) is 0 Å². The van der Waals surface area contributed by atoms with Crippen LogP contribution in [-0.4, -0.2) is 24.7 Å². The number of alkyl halides is 1. The standard InChI is InChI=1S/C12H10BrNO3/c1-16-10(15)8-4-2-3-5-9(8)12(6-14)7-17-11(12)13/h2-5,11H,7H2,1H3. The molecular weight excluding hydrogens is 286 g/mol. The number of hydrogen-bond donors (Lipinski definition) is 0. The van der Waals surface area contributed by atoms with Crippen LogP contribution in [0.2, 0.25) is 0 Å². The maximum absolute atomic E-state index is 11.7. The van der Waals surface area contributed by atoms with Gasteiger partial charge in [-0.05, 0) is 11.6 Å². The molecule has 17 heavy (non-hydrogen) atoms. The zero-order chi connectivity index (χ0) is 12.5. The lowest BCUT2D eigenvalue weighted by atomic mass is 9.77. The number of carbonyl (C=O) groups excluding carboxylic acids is 1. The van der Waals surface area contributed by atoms with E-state index >= 15 is 0 Å². The largest absolute Gasteiger partial charge is 0.465 e. The second-order valence-electron chi connectivity index (χ2n) is 3.75. The van der Waals surface area contributed by atoms with Crippen LogP contribution in [0.25, 0.3) is 0 Å². The van der Waals surface area contributed by atoms with Gasteiger partial charge in [0, 0.05) is 0 Å². The molecule has 0 spiro atoms. The quantitative estimate of drug-likeness (QED) is 0.618. The molecule has 0 saturated carbocycles. The predicted octanol–water partition coefficient (Wildman–Crippen LogP) is 1.99. The summed E-state index contributed by atoms with van der Waals surface area (Å²) in [5.74, 6) is -0.443. The number of halogens is 1. The van der Waals surface area contributed by atoms with Crippen molar-refractivity contribution in [2.45, 2.75) is 10.4 Å². The van der Waals surface area contributed by atoms with Crippen molar-refractivity contribution in [1.82, 2.24) is 0 Å². The van der Waals surface area contributed by atoms with Crippen molar-refractivity contribution in [1.29, 1.82) is 5.26 Å². The van der Waals surface area contributed by atoms with Crippen molar-refractivity contribution in [3.8, 4) is 6.07 Å². The van der Waals surface area contributed by atoms with E-state index in [0.717, 1.165) is 0 Å². The molecule has 1 aromatic rings. The third-order valence-electron chi connectivity index (χ3n) is 2.86. The molecule has 1 aromatic carbocycles. The normalized spacial score (nSPS) is 26.8. The molecule has 2 rings (SSSR count). The fourth-order valence-corrected chi connectivity index (χ4v) is 2.43. The molecule has 1 aliphatic rings. The summed E-state index contributed by atoms with van der Waals surface area (Å²) in [5, 5.41) is 8.93. The molecule has 1 heterocycles. The predicted molar refractivity (Wildman–Crippen MR) is 63.7 cm³/mol. The van der Waals surface area contributed by atoms with Gasteiger partial charge in [0.2, 0.25) is 0 Å². The summed E-state index contributed by atoms with van der Waals surface area (Å²) in [7, 11) is 1.32. The average molecular weight is 296 g/mol. The SMILES string of the molecule is COC(=O)c1ccccc1C1(C#N)COC1Br. The highest BCUT2D eigenvalue weighted by molar-refractivity contribution is 9.09. The summed E-state index contributed by atoms with van der Waals surface area (Å²) in [6.07, 6.45) is 0. The maximum Gasteiger partial charge on any atom is 0.338 e. The lowest BCUT2D eigenvalue weighted by Gasteiger charge is -2.41. The number of nitriles is 1. The summed E-state index contributed by atoms with van der Waals surface area (Å²) in [4.78, 5) is 11.7. The smallest absolute Gasteiger partial charge is 0.338 e. The van der Waals surface area contributed by atoms with Crippen LogP contribution in [0, 0.1) is 11.3 Å². The van der Waals surface area contributed by atoms with Gasteiger partial charge < -0.3 is 9.47 Å². The highest BCUT2D eigenvalue weighted by atomic mass is 79.9. The van der Waals surface area contributed by atoms with Crippen LogP contribution in [0.5, 0.6) is 0 Å². The van der Waals surface area contributed by atoms with Crippen LogP contribution < -0.4 is 0 Å². The van der Waals surface area contributed by atoms with E-state index in [1.54, 1.807) is 24.3 Å². The molecule has 0 radical (unpaired) electrons. The lowest BCUT2D eigenvalue weighted by Crippen LogP contribution is -2.52. The first kappa shape index (κ1) is 12.1. The van der Waals surface area contributed by atoms with Gasteiger partial charge in [-0.2, -0.15) is 5.26 Å². The number of nitrogens with zero attached hydrogens (tertiary/aromatic N) is 1. The molecule has 0 bridgehead atoms. The molecule has 88 valence electrons. The molecule has 0 N–H and O–H groups in total. The summed E-state index contributed by atoms with van der Waals surface area (Å²) < 4.78 is 9.92. The van der Waals surface area contributed by atoms with Gasteiger partial charge in [-0.1, -0.05) is 34.1 Å². The first-order chi connectivity index (χ1) is 8.15. The minimum atomic E-state index is -0.815. The van der Waals surface area contributed by atoms with Crippen LogP contribution in [-0.2, 0) is 14.9 Å². The monoisotopic (exact) mass is 295 g/mol. The molecular formula is C12H10BrNO3. The van der Waals surface area contributed by atoms with Gasteiger partial charge in [0.05, 0.1) is 25.3 Å². The van der Waals surface area contributed by atoms with Gasteiger partial charge in [-0.15, -0.1) is 0 Å². The molecule has 2 unspecified atom stereocenters. The van der Waals surface area contributed by atoms with Crippen LogP contribution in [0.3, 0.4) is 0 Å². The highest BCUT2D eigenvalue weighted by Crippen LogP contribution is 2.42. The van der Waals surface area contributed by atoms with Gasteiger partial charge in [0.1, 0.15) is 10.4 Å². The van der Waals surface area contributed by atoms with E-state index in [9.17, 15) is 10.1 Å². The lowest BCUT2D eigenvalue weighted by molar-refractivity contribution is -0.0517. The number of esters is 1. The van der Waals surface area contributed by atoms with E-state index < -0.39 is 16.4 Å². The first-order valence-electron chi connectivity index (χ1n) is 5.00. The van der Waals surface area contributed by atoms with Crippen molar-refractivity contribution in [3.63, 3.8) is 0 Å². The van der Waals surface area contributed by atoms with Crippen molar-refractivity contribution in [3.05, 3.63) is 35.4 Å². The van der Waals surface area contributed by atoms with E-state index in [-0.39, 0.29) is 6.61 Å². The number of hydrogen-bond acceptors (Lipinski definition) is 4. The number of benzene rings is 1. The first-order valence-corrected chi connectivity index (χ1v) is 5.92. The summed E-state index contributed by atoms with van der Waals surface area (Å²) in [6, 6.07) is 9.16. The Morgan fingerprint density at radius 3 is 2.82 bits per heavy atom. The van der Waals surface area contributed by atoms with Crippen LogP contribution in [0.15, 0.2) is 24.3 Å². The third-order valence-corrected chi connectivity index (χ3v) is 3.90. The fraction of sp³-hybridized carbons (Fsp3) is 0.333. The summed E-state index contributed by atoms with van der Waals surface area (Å²) in [6.45, 7) is 0.271. The van der Waals surface area contributed by atoms with Gasteiger partial charge in [-0.25, -0.2) is 4.79 Å². The zero-order valence-corrected chi connectivity index (χ0v) is 10.7. The van der Waals surface area contributed by atoms with E-state index in [1.165, 1.54) is 7.11 Å². The fourth-order valence-electron chi connectivity index (χ4n) is 1.82. The molecule has 0 amide bonds. The van der Waals surface area contributed by atoms with E-state index in [0.29, 0.717) is 11.1 Å². The highest BCUT2D eigenvalue weighted by Gasteiger charge is 2.51. The van der Waals surface area contributed by atoms with E-state index in [1.807, 2.05) is 0 Å². The Balaban J connectivity index is 2.53. The minimum Gasteiger partial charge on any atom is -0.465 e. The van der Waals surface area contributed by atoms with Gasteiger partial charge in [0.15, 0.2) is 0 Å². The van der Waals surface area contributed by atoms with Gasteiger partial charge in [-0.3, -0.25) is 0 Å². The van der Waals surface area contributed by atoms with Crippen LogP contribution in [0.1, 0.15) is 15.9 Å². The van der Waals surface area contributed by atoms with Crippen molar-refractivity contribution in [2.75, 3.05) is 13.7 Å². The Hall–Kier alpha value is -1.38. The Bertz CT molecular complexity index is 497. The Morgan fingerprint density at radius 1 is 1.65 bits per heavy atom. The van der Waals surface area contributed by atoms with Crippen molar-refractivity contribution in [2.24, 2.45) is 0 Å². The molecule has 1 aliphatic heterocycles. The molecule has 5 heteroatoms. The number of ether oxygens (including phenoxy) is 2. The van der Waals surface area contributed by atoms with E-state index in [2.05, 4.69) is 22.0 Å². The Morgan fingerprint density at radius 2 is 2.35 bits per heavy atom. The zero-order valence-electron chi connectivity index (χ0n) is 9.14. The van der Waals surface area contributed by atoms with Crippen molar-refractivity contribution >= 4 is 21.9 Å². The molecule has 0 aliphatic carbocycles. The third kappa shape index (κ3) is 1.74. The molecule has 4 nitrogen and oxygen atoms in total. The van der Waals surface area contributed by atoms with Crippen molar-refractivity contribution < 1.29 is 14.3 Å². The Kier molecular flexibility index (Phi) is 3.18. The number of rotatable bonds is 2. The number of methoxy groups -OCH3 is 1. The molecule has 1 fully saturated rings.